The maximum atomic E-state index is 12.9. The number of benzene rings is 1. The van der Waals surface area contributed by atoms with Crippen molar-refractivity contribution in [2.24, 2.45) is 0 Å². The Morgan fingerprint density at radius 3 is 1.79 bits per heavy atom. The smallest absolute Gasteiger partial charge is 0.409 e. The number of rotatable bonds is 6. The number of nitriles is 2. The summed E-state index contributed by atoms with van der Waals surface area (Å²) in [5.74, 6) is 0.659. The van der Waals surface area contributed by atoms with Gasteiger partial charge in [-0.1, -0.05) is 44.3 Å². The summed E-state index contributed by atoms with van der Waals surface area (Å²) in [4.78, 5) is 29.9. The number of thioether (sulfide) groups is 2. The van der Waals surface area contributed by atoms with E-state index in [1.54, 1.807) is 15.9 Å². The molecule has 0 bridgehead atoms. The molecule has 0 saturated carbocycles. The zero-order chi connectivity index (χ0) is 25.6. The summed E-state index contributed by atoms with van der Waals surface area (Å²) >= 11 is 2.34. The lowest BCUT2D eigenvalue weighted by Crippen LogP contribution is -2.34. The van der Waals surface area contributed by atoms with E-state index in [2.05, 4.69) is 0 Å². The van der Waals surface area contributed by atoms with Crippen molar-refractivity contribution >= 4 is 35.7 Å². The van der Waals surface area contributed by atoms with E-state index in [-0.39, 0.29) is 5.57 Å². The van der Waals surface area contributed by atoms with Gasteiger partial charge in [0, 0.05) is 31.7 Å². The fourth-order valence-corrected chi connectivity index (χ4v) is 5.72. The molecule has 8 nitrogen and oxygen atoms in total. The van der Waals surface area contributed by atoms with Crippen LogP contribution >= 0.6 is 23.5 Å². The van der Waals surface area contributed by atoms with Gasteiger partial charge in [-0.05, 0) is 39.2 Å². The molecule has 0 saturated heterocycles. The number of nitrogens with zero attached hydrogens (tertiary/aromatic N) is 4. The Bertz CT molecular complexity index is 1060. The molecular formula is C24H30N4O4S2. The summed E-state index contributed by atoms with van der Waals surface area (Å²) in [6.07, 6.45) is -0.988. The van der Waals surface area contributed by atoms with Crippen LogP contribution in [0.1, 0.15) is 54.0 Å². The average Bonchev–Trinajstić information content (AvgIpc) is 3.22. The van der Waals surface area contributed by atoms with E-state index in [9.17, 15) is 20.1 Å². The number of carbonyl (C=O) groups excluding carboxylic acids is 2. The molecular weight excluding hydrogens is 472 g/mol. The molecule has 2 rings (SSSR count). The molecule has 1 aromatic rings. The molecule has 1 aliphatic heterocycles. The zero-order valence-corrected chi connectivity index (χ0v) is 22.3. The molecule has 0 spiro atoms. The van der Waals surface area contributed by atoms with E-state index >= 15 is 0 Å². The SMILES string of the molecule is CCN(CC)C(=O)Oc1cc(C(C)(C)C)c(OC(=O)N(CC)CC)c2c1SC(=C(C#N)C#N)S2. The third-order valence-electron chi connectivity index (χ3n) is 5.21. The largest absolute Gasteiger partial charge is 0.415 e. The van der Waals surface area contributed by atoms with Crippen LogP contribution in [0.3, 0.4) is 0 Å². The topological polar surface area (TPSA) is 107 Å². The van der Waals surface area contributed by atoms with Crippen molar-refractivity contribution in [2.75, 3.05) is 26.2 Å². The Kier molecular flexibility index (Phi) is 9.31. The molecule has 0 radical (unpaired) electrons. The van der Waals surface area contributed by atoms with E-state index in [4.69, 9.17) is 9.47 Å². The first-order valence-corrected chi connectivity index (χ1v) is 12.7. The maximum Gasteiger partial charge on any atom is 0.415 e. The van der Waals surface area contributed by atoms with Gasteiger partial charge in [0.15, 0.2) is 5.75 Å². The van der Waals surface area contributed by atoms with E-state index < -0.39 is 17.6 Å². The molecule has 0 fully saturated rings. The van der Waals surface area contributed by atoms with Crippen LogP contribution in [-0.4, -0.2) is 48.2 Å². The van der Waals surface area contributed by atoms with Crippen molar-refractivity contribution in [1.29, 1.82) is 10.5 Å². The molecule has 0 atom stereocenters. The summed E-state index contributed by atoms with van der Waals surface area (Å²) in [5.41, 5.74) is 0.166. The Morgan fingerprint density at radius 1 is 0.882 bits per heavy atom. The Labute approximate surface area is 209 Å². The average molecular weight is 503 g/mol. The third-order valence-corrected chi connectivity index (χ3v) is 7.82. The highest BCUT2D eigenvalue weighted by atomic mass is 32.2. The number of amides is 2. The van der Waals surface area contributed by atoms with Gasteiger partial charge in [0.2, 0.25) is 0 Å². The number of allylic oxidation sites excluding steroid dienone is 1. The van der Waals surface area contributed by atoms with Gasteiger partial charge in [-0.15, -0.1) is 0 Å². The first-order valence-electron chi connectivity index (χ1n) is 11.1. The van der Waals surface area contributed by atoms with Crippen LogP contribution < -0.4 is 9.47 Å². The molecule has 10 heteroatoms. The van der Waals surface area contributed by atoms with Crippen LogP contribution in [0.5, 0.6) is 11.5 Å². The summed E-state index contributed by atoms with van der Waals surface area (Å²) in [6.45, 7) is 15.3. The Balaban J connectivity index is 2.75. The Hall–Kier alpha value is -2.82. The predicted molar refractivity (Wildman–Crippen MR) is 133 cm³/mol. The standard InChI is InChI=1S/C24H30N4O4S2/c1-8-27(9-2)22(29)31-17-12-16(24(5,6)7)18(32-23(30)28(10-3)11-4)20-19(17)33-21(34-20)15(13-25)14-26/h12H,8-11H2,1-7H3. The number of ether oxygens (including phenoxy) is 2. The minimum atomic E-state index is -0.497. The maximum absolute atomic E-state index is 12.9. The van der Waals surface area contributed by atoms with Gasteiger partial charge in [-0.3, -0.25) is 0 Å². The van der Waals surface area contributed by atoms with Crippen LogP contribution in [0.4, 0.5) is 9.59 Å². The van der Waals surface area contributed by atoms with Gasteiger partial charge in [0.05, 0.1) is 14.0 Å². The second-order valence-corrected chi connectivity index (χ2v) is 10.6. The normalized spacial score (nSPS) is 12.3. The van der Waals surface area contributed by atoms with Crippen molar-refractivity contribution in [3.63, 3.8) is 0 Å². The molecule has 0 N–H and O–H groups in total. The van der Waals surface area contributed by atoms with Crippen molar-refractivity contribution in [2.45, 2.75) is 63.7 Å². The van der Waals surface area contributed by atoms with Crippen LogP contribution in [-0.2, 0) is 5.41 Å². The van der Waals surface area contributed by atoms with Crippen LogP contribution in [0.15, 0.2) is 25.7 Å². The van der Waals surface area contributed by atoms with Gasteiger partial charge >= 0.3 is 12.2 Å². The van der Waals surface area contributed by atoms with E-state index in [0.717, 1.165) is 0 Å². The Morgan fingerprint density at radius 2 is 1.35 bits per heavy atom. The highest BCUT2D eigenvalue weighted by Crippen LogP contribution is 2.61. The van der Waals surface area contributed by atoms with Gasteiger partial charge in [0.1, 0.15) is 23.5 Å². The second-order valence-electron chi connectivity index (χ2n) is 8.33. The van der Waals surface area contributed by atoms with Gasteiger partial charge < -0.3 is 19.3 Å². The lowest BCUT2D eigenvalue weighted by atomic mass is 9.86. The lowest BCUT2D eigenvalue weighted by Gasteiger charge is -2.27. The summed E-state index contributed by atoms with van der Waals surface area (Å²) in [6, 6.07) is 5.55. The van der Waals surface area contributed by atoms with Crippen LogP contribution in [0, 0.1) is 22.7 Å². The van der Waals surface area contributed by atoms with E-state index in [1.165, 1.54) is 23.5 Å². The summed E-state index contributed by atoms with van der Waals surface area (Å²) in [7, 11) is 0. The molecule has 1 aliphatic rings. The third kappa shape index (κ3) is 5.81. The quantitative estimate of drug-likeness (QED) is 0.428. The van der Waals surface area contributed by atoms with Crippen molar-refractivity contribution < 1.29 is 19.1 Å². The van der Waals surface area contributed by atoms with Crippen molar-refractivity contribution in [3.8, 4) is 23.6 Å². The molecule has 0 aromatic heterocycles. The number of carbonyl (C=O) groups is 2. The van der Waals surface area contributed by atoms with E-state index in [1.807, 2.05) is 60.6 Å². The number of fused-ring (bicyclic) bond motifs is 1. The highest BCUT2D eigenvalue weighted by Gasteiger charge is 2.36. The fraction of sp³-hybridized carbons (Fsp3) is 0.500. The number of hydrogen-bond acceptors (Lipinski definition) is 8. The summed E-state index contributed by atoms with van der Waals surface area (Å²) in [5, 5.41) is 18.8. The second kappa shape index (κ2) is 11.5. The highest BCUT2D eigenvalue weighted by molar-refractivity contribution is 8.24. The fourth-order valence-electron chi connectivity index (χ4n) is 3.22. The van der Waals surface area contributed by atoms with Crippen molar-refractivity contribution in [3.05, 3.63) is 21.4 Å². The molecule has 182 valence electrons. The molecule has 2 amide bonds. The minimum absolute atomic E-state index is 0.0504. The first-order chi connectivity index (χ1) is 16.1. The van der Waals surface area contributed by atoms with Crippen LogP contribution in [0.25, 0.3) is 0 Å². The van der Waals surface area contributed by atoms with Crippen molar-refractivity contribution in [1.82, 2.24) is 9.80 Å². The molecule has 0 aliphatic carbocycles. The predicted octanol–water partition coefficient (Wildman–Crippen LogP) is 6.12. The lowest BCUT2D eigenvalue weighted by molar-refractivity contribution is 0.152. The molecule has 0 unspecified atom stereocenters. The molecule has 1 aromatic carbocycles. The van der Waals surface area contributed by atoms with Gasteiger partial charge in [0.25, 0.3) is 0 Å². The minimum Gasteiger partial charge on any atom is -0.409 e. The first kappa shape index (κ1) is 27.4. The summed E-state index contributed by atoms with van der Waals surface area (Å²) < 4.78 is 12.2. The molecule has 1 heterocycles. The number of hydrogen-bond donors (Lipinski definition) is 0. The van der Waals surface area contributed by atoms with Gasteiger partial charge in [-0.25, -0.2) is 9.59 Å². The van der Waals surface area contributed by atoms with Gasteiger partial charge in [-0.2, -0.15) is 10.5 Å². The van der Waals surface area contributed by atoms with E-state index in [0.29, 0.717) is 57.3 Å². The van der Waals surface area contributed by atoms with Crippen LogP contribution in [0.2, 0.25) is 0 Å². The molecule has 34 heavy (non-hydrogen) atoms. The zero-order valence-electron chi connectivity index (χ0n) is 20.6. The monoisotopic (exact) mass is 502 g/mol.